The van der Waals surface area contributed by atoms with E-state index < -0.39 is 12.0 Å². The smallest absolute Gasteiger partial charge is 0.309 e. The number of esters is 1. The van der Waals surface area contributed by atoms with Crippen LogP contribution in [0, 0.1) is 17.8 Å². The molecule has 0 saturated carbocycles. The Morgan fingerprint density at radius 1 is 0.891 bits per heavy atom. The number of hydrogen-bond donors (Lipinski definition) is 3. The molecule has 8 nitrogen and oxygen atoms in total. The lowest BCUT2D eigenvalue weighted by atomic mass is 9.93. The third-order valence-corrected chi connectivity index (χ3v) is 8.25. The molecule has 0 fully saturated rings. The van der Waals surface area contributed by atoms with E-state index in [0.717, 1.165) is 22.4 Å². The fourth-order valence-electron chi connectivity index (χ4n) is 5.38. The summed E-state index contributed by atoms with van der Waals surface area (Å²) in [6.45, 7) is 4.22. The number of carbonyl (C=O) groups excluding carboxylic acids is 3. The second kappa shape index (κ2) is 17.9. The largest absolute Gasteiger partial charge is 0.489 e. The number of allylic oxidation sites excluding steroid dienone is 2. The first-order valence-corrected chi connectivity index (χ1v) is 16.1. The highest BCUT2D eigenvalue weighted by atomic mass is 16.5. The Morgan fingerprint density at radius 2 is 1.52 bits per heavy atom. The average molecular weight is 627 g/mol. The maximum atomic E-state index is 13.4. The van der Waals surface area contributed by atoms with E-state index in [1.165, 1.54) is 0 Å². The fourth-order valence-corrected chi connectivity index (χ4v) is 5.38. The topological polar surface area (TPSA) is 114 Å². The molecule has 0 radical (unpaired) electrons. The van der Waals surface area contributed by atoms with Gasteiger partial charge in [-0.25, -0.2) is 0 Å². The molecule has 244 valence electrons. The van der Waals surface area contributed by atoms with Crippen molar-refractivity contribution in [3.63, 3.8) is 0 Å². The minimum Gasteiger partial charge on any atom is -0.489 e. The number of cyclic esters (lactones) is 1. The summed E-state index contributed by atoms with van der Waals surface area (Å²) in [7, 11) is 0. The molecule has 4 unspecified atom stereocenters. The number of carbonyl (C=O) groups is 3. The molecule has 0 bridgehead atoms. The Labute approximate surface area is 272 Å². The van der Waals surface area contributed by atoms with Gasteiger partial charge in [0.1, 0.15) is 19.0 Å². The van der Waals surface area contributed by atoms with Crippen LogP contribution in [0.25, 0.3) is 0 Å². The van der Waals surface area contributed by atoms with E-state index in [0.29, 0.717) is 32.3 Å². The summed E-state index contributed by atoms with van der Waals surface area (Å²) in [5, 5.41) is 16.0. The summed E-state index contributed by atoms with van der Waals surface area (Å²) < 4.78 is 11.6. The zero-order valence-corrected chi connectivity index (χ0v) is 26.8. The molecule has 3 aromatic carbocycles. The minimum absolute atomic E-state index is 0.0196. The molecule has 4 atom stereocenters. The predicted molar refractivity (Wildman–Crippen MR) is 178 cm³/mol. The van der Waals surface area contributed by atoms with Gasteiger partial charge in [0.05, 0.1) is 30.5 Å². The molecule has 0 aliphatic carbocycles. The van der Waals surface area contributed by atoms with Gasteiger partial charge < -0.3 is 25.2 Å². The van der Waals surface area contributed by atoms with Crippen LogP contribution in [0.3, 0.4) is 0 Å². The third-order valence-electron chi connectivity index (χ3n) is 8.25. The van der Waals surface area contributed by atoms with Crippen molar-refractivity contribution >= 4 is 17.8 Å². The summed E-state index contributed by atoms with van der Waals surface area (Å²) in [6.07, 6.45) is 5.56. The number of aliphatic hydroxyl groups is 1. The van der Waals surface area contributed by atoms with E-state index in [9.17, 15) is 19.5 Å². The molecule has 1 aliphatic heterocycles. The van der Waals surface area contributed by atoms with Crippen molar-refractivity contribution in [1.29, 1.82) is 0 Å². The van der Waals surface area contributed by atoms with Gasteiger partial charge in [0.15, 0.2) is 0 Å². The molecule has 3 aromatic rings. The third kappa shape index (κ3) is 11.2. The highest BCUT2D eigenvalue weighted by molar-refractivity contribution is 5.86. The molecule has 2 amide bonds. The van der Waals surface area contributed by atoms with Crippen molar-refractivity contribution in [1.82, 2.24) is 10.6 Å². The Bertz CT molecular complexity index is 1410. The molecule has 0 spiro atoms. The molecule has 3 N–H and O–H groups in total. The lowest BCUT2D eigenvalue weighted by Crippen LogP contribution is -2.47. The second-order valence-electron chi connectivity index (χ2n) is 12.3. The number of nitrogens with one attached hydrogen (secondary N) is 2. The van der Waals surface area contributed by atoms with Gasteiger partial charge in [-0.05, 0) is 60.4 Å². The first-order chi connectivity index (χ1) is 22.3. The van der Waals surface area contributed by atoms with Crippen molar-refractivity contribution < 1.29 is 29.0 Å². The monoisotopic (exact) mass is 626 g/mol. The molecule has 0 aromatic heterocycles. The van der Waals surface area contributed by atoms with Gasteiger partial charge in [-0.2, -0.15) is 0 Å². The van der Waals surface area contributed by atoms with Gasteiger partial charge in [0, 0.05) is 6.42 Å². The summed E-state index contributed by atoms with van der Waals surface area (Å²) in [4.78, 5) is 39.5. The molecule has 0 saturated heterocycles. The maximum absolute atomic E-state index is 13.4. The van der Waals surface area contributed by atoms with Crippen LogP contribution in [0.1, 0.15) is 49.8 Å². The molecule has 46 heavy (non-hydrogen) atoms. The fraction of sp³-hybridized carbons (Fsp3) is 0.395. The van der Waals surface area contributed by atoms with Crippen LogP contribution >= 0.6 is 0 Å². The molecule has 8 heteroatoms. The maximum Gasteiger partial charge on any atom is 0.309 e. The van der Waals surface area contributed by atoms with E-state index in [2.05, 4.69) is 10.6 Å². The van der Waals surface area contributed by atoms with Crippen LogP contribution in [0.4, 0.5) is 0 Å². The summed E-state index contributed by atoms with van der Waals surface area (Å²) in [5.41, 5.74) is 3.08. The first-order valence-electron chi connectivity index (χ1n) is 16.1. The van der Waals surface area contributed by atoms with Gasteiger partial charge in [-0.1, -0.05) is 98.8 Å². The van der Waals surface area contributed by atoms with Crippen LogP contribution in [0.15, 0.2) is 97.1 Å². The van der Waals surface area contributed by atoms with Crippen LogP contribution in [0.5, 0.6) is 5.75 Å². The van der Waals surface area contributed by atoms with Gasteiger partial charge >= 0.3 is 5.97 Å². The van der Waals surface area contributed by atoms with Crippen molar-refractivity contribution in [2.24, 2.45) is 17.8 Å². The number of aliphatic hydroxyl groups excluding tert-OH is 1. The molecule has 1 aliphatic rings. The standard InChI is InChI=1S/C38H46N2O6/c1-27(2)35-26-46-38(44)32(21-28-11-5-3-6-12-28)16-10-9-15-31(37(43)40-35)23-36(42)39-33(24-41)22-29-17-19-34(20-18-29)45-25-30-13-7-4-8-14-30/h3-14,17-20,27,31-33,35,41H,15-16,21-26H2,1-2H3,(H,39,42)(H,40,43). The zero-order chi connectivity index (χ0) is 32.7. The van der Waals surface area contributed by atoms with Gasteiger partial charge in [0.25, 0.3) is 0 Å². The number of benzene rings is 3. The van der Waals surface area contributed by atoms with E-state index >= 15 is 0 Å². The van der Waals surface area contributed by atoms with E-state index in [1.54, 1.807) is 0 Å². The van der Waals surface area contributed by atoms with Gasteiger partial charge in [0.2, 0.25) is 11.8 Å². The van der Waals surface area contributed by atoms with E-state index in [1.807, 2.05) is 111 Å². The Kier molecular flexibility index (Phi) is 13.4. The summed E-state index contributed by atoms with van der Waals surface area (Å²) in [5.74, 6) is -1.06. The van der Waals surface area contributed by atoms with Crippen LogP contribution in [0.2, 0.25) is 0 Å². The summed E-state index contributed by atoms with van der Waals surface area (Å²) >= 11 is 0. The quantitative estimate of drug-likeness (QED) is 0.189. The predicted octanol–water partition coefficient (Wildman–Crippen LogP) is 5.18. The number of rotatable bonds is 12. The van der Waals surface area contributed by atoms with Crippen molar-refractivity contribution in [2.75, 3.05) is 13.2 Å². The second-order valence-corrected chi connectivity index (χ2v) is 12.3. The first kappa shape index (κ1) is 34.4. The molecule has 4 rings (SSSR count). The Hall–Kier alpha value is -4.43. The van der Waals surface area contributed by atoms with E-state index in [4.69, 9.17) is 9.47 Å². The Balaban J connectivity index is 1.35. The van der Waals surface area contributed by atoms with Crippen LogP contribution < -0.4 is 15.4 Å². The average Bonchev–Trinajstić information content (AvgIpc) is 3.06. The number of ether oxygens (including phenoxy) is 2. The van der Waals surface area contributed by atoms with Gasteiger partial charge in [-0.15, -0.1) is 0 Å². The normalized spacial score (nSPS) is 19.7. The van der Waals surface area contributed by atoms with E-state index in [-0.39, 0.29) is 55.3 Å². The molecular formula is C38H46N2O6. The lowest BCUT2D eigenvalue weighted by molar-refractivity contribution is -0.150. The van der Waals surface area contributed by atoms with Gasteiger partial charge in [-0.3, -0.25) is 14.4 Å². The van der Waals surface area contributed by atoms with Crippen molar-refractivity contribution in [2.45, 2.75) is 64.6 Å². The zero-order valence-electron chi connectivity index (χ0n) is 26.8. The number of amides is 2. The van der Waals surface area contributed by atoms with Crippen LogP contribution in [-0.4, -0.2) is 48.2 Å². The minimum atomic E-state index is -0.611. The number of hydrogen-bond acceptors (Lipinski definition) is 6. The highest BCUT2D eigenvalue weighted by Crippen LogP contribution is 2.20. The van der Waals surface area contributed by atoms with Crippen molar-refractivity contribution in [3.8, 4) is 5.75 Å². The Morgan fingerprint density at radius 3 is 2.15 bits per heavy atom. The summed E-state index contributed by atoms with van der Waals surface area (Å²) in [6, 6.07) is 26.5. The highest BCUT2D eigenvalue weighted by Gasteiger charge is 2.28. The lowest BCUT2D eigenvalue weighted by Gasteiger charge is -2.26. The van der Waals surface area contributed by atoms with Crippen LogP contribution in [-0.2, 0) is 38.6 Å². The molecule has 1 heterocycles. The van der Waals surface area contributed by atoms with Crippen molar-refractivity contribution in [3.05, 3.63) is 114 Å². The SMILES string of the molecule is CC(C)C1COC(=O)C(Cc2ccccc2)CC=CCC(CC(=O)NC(CO)Cc2ccc(OCc3ccccc3)cc2)C(=O)N1. The molecular weight excluding hydrogens is 580 g/mol.